The molecule has 0 saturated heterocycles. The lowest BCUT2D eigenvalue weighted by Crippen LogP contribution is -2.11. The van der Waals surface area contributed by atoms with Crippen LogP contribution in [0.4, 0.5) is 24.0 Å². The summed E-state index contributed by atoms with van der Waals surface area (Å²) in [7, 11) is 3.78. The van der Waals surface area contributed by atoms with Gasteiger partial charge in [-0.05, 0) is 30.3 Å². The van der Waals surface area contributed by atoms with Crippen LogP contribution >= 0.6 is 22.7 Å². The molecule has 4 nitrogen and oxygen atoms in total. The number of anilines is 2. The van der Waals surface area contributed by atoms with E-state index in [0.29, 0.717) is 10.6 Å². The van der Waals surface area contributed by atoms with E-state index in [-0.39, 0.29) is 5.91 Å². The highest BCUT2D eigenvalue weighted by molar-refractivity contribution is 7.29. The molecule has 0 unspecified atom stereocenters. The van der Waals surface area contributed by atoms with E-state index in [0.717, 1.165) is 26.8 Å². The van der Waals surface area contributed by atoms with E-state index in [2.05, 4.69) is 10.3 Å². The van der Waals surface area contributed by atoms with E-state index in [4.69, 9.17) is 0 Å². The zero-order valence-electron chi connectivity index (χ0n) is 12.6. The monoisotopic (exact) mass is 371 g/mol. The molecule has 0 bridgehead atoms. The molecular formula is C15H12F3N3OS2. The van der Waals surface area contributed by atoms with Crippen molar-refractivity contribution in [2.75, 3.05) is 24.3 Å². The molecule has 0 fully saturated rings. The van der Waals surface area contributed by atoms with Crippen LogP contribution in [-0.4, -0.2) is 25.0 Å². The van der Waals surface area contributed by atoms with E-state index < -0.39 is 11.7 Å². The molecule has 3 aromatic rings. The summed E-state index contributed by atoms with van der Waals surface area (Å²) in [4.78, 5) is 19.8. The smallest absolute Gasteiger partial charge is 0.354 e. The predicted molar refractivity (Wildman–Crippen MR) is 91.2 cm³/mol. The molecule has 0 spiro atoms. The van der Waals surface area contributed by atoms with Crippen molar-refractivity contribution in [1.29, 1.82) is 0 Å². The summed E-state index contributed by atoms with van der Waals surface area (Å²) < 4.78 is 38.5. The van der Waals surface area contributed by atoms with Crippen LogP contribution in [-0.2, 0) is 6.18 Å². The number of carbonyl (C=O) groups is 1. The first-order chi connectivity index (χ1) is 11.2. The lowest BCUT2D eigenvalue weighted by Gasteiger charge is -2.08. The predicted octanol–water partition coefficient (Wildman–Crippen LogP) is 4.69. The maximum Gasteiger partial charge on any atom is 0.416 e. The molecule has 2 aromatic heterocycles. The van der Waals surface area contributed by atoms with E-state index in [9.17, 15) is 18.0 Å². The number of thiophene rings is 1. The fraction of sp³-hybridized carbons (Fsp3) is 0.200. The lowest BCUT2D eigenvalue weighted by atomic mass is 10.2. The van der Waals surface area contributed by atoms with Gasteiger partial charge < -0.3 is 10.2 Å². The van der Waals surface area contributed by atoms with Crippen molar-refractivity contribution < 1.29 is 18.0 Å². The number of amides is 1. The highest BCUT2D eigenvalue weighted by Crippen LogP contribution is 2.34. The number of nitrogens with zero attached hydrogens (tertiary/aromatic N) is 2. The van der Waals surface area contributed by atoms with Gasteiger partial charge in [-0.25, -0.2) is 4.98 Å². The first kappa shape index (κ1) is 16.7. The Morgan fingerprint density at radius 3 is 2.38 bits per heavy atom. The number of hydrogen-bond acceptors (Lipinski definition) is 5. The van der Waals surface area contributed by atoms with Crippen LogP contribution in [0.1, 0.15) is 15.2 Å². The minimum atomic E-state index is -4.39. The first-order valence-corrected chi connectivity index (χ1v) is 8.43. The van der Waals surface area contributed by atoms with Crippen LogP contribution < -0.4 is 10.2 Å². The van der Waals surface area contributed by atoms with Gasteiger partial charge in [-0.15, -0.1) is 11.3 Å². The summed E-state index contributed by atoms with van der Waals surface area (Å²) in [5.41, 5.74) is -0.441. The van der Waals surface area contributed by atoms with E-state index in [1.165, 1.54) is 34.8 Å². The van der Waals surface area contributed by atoms with Crippen LogP contribution in [0.5, 0.6) is 0 Å². The van der Waals surface area contributed by atoms with Crippen LogP contribution in [0.15, 0.2) is 30.3 Å². The van der Waals surface area contributed by atoms with E-state index in [1.807, 2.05) is 19.0 Å². The van der Waals surface area contributed by atoms with E-state index >= 15 is 0 Å². The van der Waals surface area contributed by atoms with Crippen molar-refractivity contribution in [1.82, 2.24) is 4.98 Å². The van der Waals surface area contributed by atoms with Crippen molar-refractivity contribution >= 4 is 48.9 Å². The van der Waals surface area contributed by atoms with Crippen LogP contribution in [0.3, 0.4) is 0 Å². The molecule has 0 radical (unpaired) electrons. The summed E-state index contributed by atoms with van der Waals surface area (Å²) >= 11 is 2.73. The van der Waals surface area contributed by atoms with Crippen LogP contribution in [0.25, 0.3) is 9.53 Å². The number of carbonyl (C=O) groups excluding carboxylic acids is 1. The van der Waals surface area contributed by atoms with E-state index in [1.54, 1.807) is 6.07 Å². The summed E-state index contributed by atoms with van der Waals surface area (Å²) in [5, 5.41) is 3.45. The molecule has 0 atom stereocenters. The van der Waals surface area contributed by atoms with Gasteiger partial charge in [-0.1, -0.05) is 11.3 Å². The van der Waals surface area contributed by atoms with Gasteiger partial charge in [0, 0.05) is 19.8 Å². The summed E-state index contributed by atoms with van der Waals surface area (Å²) in [6.45, 7) is 0. The second-order valence-corrected chi connectivity index (χ2v) is 7.24. The highest BCUT2D eigenvalue weighted by atomic mass is 32.1. The largest absolute Gasteiger partial charge is 0.416 e. The quantitative estimate of drug-likeness (QED) is 0.726. The second kappa shape index (κ2) is 6.06. The van der Waals surface area contributed by atoms with Gasteiger partial charge in [0.15, 0.2) is 5.13 Å². The molecule has 0 saturated carbocycles. The minimum absolute atomic E-state index is 0.312. The summed E-state index contributed by atoms with van der Waals surface area (Å²) in [5.74, 6) is -0.364. The number of fused-ring (bicyclic) bond motifs is 1. The molecule has 9 heteroatoms. The van der Waals surface area contributed by atoms with Gasteiger partial charge in [0.1, 0.15) is 4.83 Å². The molecule has 24 heavy (non-hydrogen) atoms. The Kier molecular flexibility index (Phi) is 4.22. The highest BCUT2D eigenvalue weighted by Gasteiger charge is 2.30. The standard InChI is InChI=1S/C15H12F3N3OS2/c1-21(2)14-20-13-11(24-14)7-10(23-13)12(22)19-9-5-3-8(4-6-9)15(16,17)18/h3-7H,1-2H3,(H,19,22). The third-order valence-electron chi connectivity index (χ3n) is 3.15. The van der Waals surface area contributed by atoms with Gasteiger partial charge in [-0.3, -0.25) is 4.79 Å². The Labute approximate surface area is 143 Å². The van der Waals surface area contributed by atoms with Crippen molar-refractivity contribution in [2.45, 2.75) is 6.18 Å². The number of alkyl halides is 3. The average Bonchev–Trinajstić information content (AvgIpc) is 3.05. The normalized spacial score (nSPS) is 11.7. The van der Waals surface area contributed by atoms with Crippen LogP contribution in [0, 0.1) is 0 Å². The molecule has 0 aliphatic rings. The fourth-order valence-electron chi connectivity index (χ4n) is 1.96. The molecule has 126 valence electrons. The third kappa shape index (κ3) is 3.36. The maximum atomic E-state index is 12.5. The van der Waals surface area contributed by atoms with Crippen LogP contribution in [0.2, 0.25) is 0 Å². The maximum absolute atomic E-state index is 12.5. The fourth-order valence-corrected chi connectivity index (χ4v) is 3.99. The summed E-state index contributed by atoms with van der Waals surface area (Å²) in [6.07, 6.45) is -4.39. The third-order valence-corrected chi connectivity index (χ3v) is 5.48. The zero-order chi connectivity index (χ0) is 17.5. The van der Waals surface area contributed by atoms with Crippen molar-refractivity contribution in [3.8, 4) is 0 Å². The second-order valence-electron chi connectivity index (χ2n) is 5.20. The van der Waals surface area contributed by atoms with Gasteiger partial charge >= 0.3 is 6.18 Å². The van der Waals surface area contributed by atoms with Gasteiger partial charge in [0.25, 0.3) is 5.91 Å². The lowest BCUT2D eigenvalue weighted by molar-refractivity contribution is -0.137. The first-order valence-electron chi connectivity index (χ1n) is 6.80. The Bertz CT molecular complexity index is 850. The molecule has 0 aliphatic carbocycles. The Balaban J connectivity index is 1.76. The minimum Gasteiger partial charge on any atom is -0.354 e. The SMILES string of the molecule is CN(C)c1nc2sc(C(=O)Nc3ccc(C(F)(F)F)cc3)cc2s1. The number of halogens is 3. The number of nitrogens with one attached hydrogen (secondary N) is 1. The molecule has 1 N–H and O–H groups in total. The molecular weight excluding hydrogens is 359 g/mol. The van der Waals surface area contributed by atoms with Crippen molar-refractivity contribution in [3.63, 3.8) is 0 Å². The average molecular weight is 371 g/mol. The number of aromatic nitrogens is 1. The molecule has 1 amide bonds. The Morgan fingerprint density at radius 1 is 1.17 bits per heavy atom. The van der Waals surface area contributed by atoms with Gasteiger partial charge in [0.05, 0.1) is 15.1 Å². The topological polar surface area (TPSA) is 45.2 Å². The summed E-state index contributed by atoms with van der Waals surface area (Å²) in [6, 6.07) is 6.09. The Morgan fingerprint density at radius 2 is 1.83 bits per heavy atom. The van der Waals surface area contributed by atoms with Gasteiger partial charge in [0.2, 0.25) is 0 Å². The number of thiazole rings is 1. The van der Waals surface area contributed by atoms with Crippen molar-refractivity contribution in [3.05, 3.63) is 40.8 Å². The molecule has 0 aliphatic heterocycles. The Hall–Kier alpha value is -2.13. The molecule has 1 aromatic carbocycles. The molecule has 2 heterocycles. The molecule has 3 rings (SSSR count). The number of benzene rings is 1. The van der Waals surface area contributed by atoms with Gasteiger partial charge in [-0.2, -0.15) is 13.2 Å². The number of rotatable bonds is 3. The van der Waals surface area contributed by atoms with Crippen molar-refractivity contribution in [2.24, 2.45) is 0 Å². The number of hydrogen-bond donors (Lipinski definition) is 1. The zero-order valence-corrected chi connectivity index (χ0v) is 14.3.